The fourth-order valence-electron chi connectivity index (χ4n) is 4.94. The second kappa shape index (κ2) is 7.99. The molecule has 2 aromatic carbocycles. The minimum absolute atomic E-state index is 0.766. The number of hydrogen-bond acceptors (Lipinski definition) is 0. The molecule has 2 aliphatic carbocycles. The van der Waals surface area contributed by atoms with Crippen LogP contribution in [-0.2, 0) is 0 Å². The molecule has 0 N–H and O–H groups in total. The molecule has 0 nitrogen and oxygen atoms in total. The Labute approximate surface area is 160 Å². The van der Waals surface area contributed by atoms with Crippen molar-refractivity contribution in [2.75, 3.05) is 0 Å². The van der Waals surface area contributed by atoms with Gasteiger partial charge in [0.05, 0.1) is 0 Å². The standard InChI is InChI=1S/C26H32/c1-19-3-7-21(8-4-19)23-11-15-25(16-12-23)26-17-13-24(14-18-26)22-9-5-20(2)6-10-22/h3-4,7-8,11-12,15-16,22,26H,5-6,9-10,13-14,17-18H2,1-2H3. The molecule has 0 heteroatoms. The van der Waals surface area contributed by atoms with Crippen LogP contribution in [0.4, 0.5) is 0 Å². The van der Waals surface area contributed by atoms with Crippen molar-refractivity contribution < 1.29 is 0 Å². The summed E-state index contributed by atoms with van der Waals surface area (Å²) in [6, 6.07) is 18.3. The van der Waals surface area contributed by atoms with E-state index in [1.165, 1.54) is 68.1 Å². The Balaban J connectivity index is 1.35. The first-order valence-electron chi connectivity index (χ1n) is 10.5. The monoisotopic (exact) mass is 344 g/mol. The Morgan fingerprint density at radius 2 is 1.08 bits per heavy atom. The minimum atomic E-state index is 0.766. The van der Waals surface area contributed by atoms with Gasteiger partial charge in [-0.05, 0) is 98.7 Å². The van der Waals surface area contributed by atoms with E-state index in [0.717, 1.165) is 11.8 Å². The van der Waals surface area contributed by atoms with E-state index in [4.69, 9.17) is 0 Å². The van der Waals surface area contributed by atoms with Crippen LogP contribution >= 0.6 is 0 Å². The van der Waals surface area contributed by atoms with E-state index in [2.05, 4.69) is 62.4 Å². The number of hydrogen-bond donors (Lipinski definition) is 0. The van der Waals surface area contributed by atoms with Gasteiger partial charge in [-0.1, -0.05) is 61.0 Å². The summed E-state index contributed by atoms with van der Waals surface area (Å²) in [7, 11) is 0. The van der Waals surface area contributed by atoms with Crippen LogP contribution in [0.3, 0.4) is 0 Å². The topological polar surface area (TPSA) is 0 Å². The smallest absolute Gasteiger partial charge is 0.0162 e. The molecule has 2 aromatic rings. The molecule has 0 spiro atoms. The molecule has 0 saturated heterocycles. The van der Waals surface area contributed by atoms with Gasteiger partial charge in [-0.25, -0.2) is 0 Å². The first-order chi connectivity index (χ1) is 12.7. The van der Waals surface area contributed by atoms with Crippen LogP contribution in [0.25, 0.3) is 11.1 Å². The highest BCUT2D eigenvalue weighted by molar-refractivity contribution is 5.64. The summed E-state index contributed by atoms with van der Waals surface area (Å²) >= 11 is 0. The van der Waals surface area contributed by atoms with E-state index < -0.39 is 0 Å². The summed E-state index contributed by atoms with van der Waals surface area (Å²) in [4.78, 5) is 0. The van der Waals surface area contributed by atoms with Gasteiger partial charge in [0.1, 0.15) is 0 Å². The van der Waals surface area contributed by atoms with Crippen molar-refractivity contribution in [1.29, 1.82) is 0 Å². The molecule has 4 rings (SSSR count). The van der Waals surface area contributed by atoms with Crippen molar-refractivity contribution in [3.8, 4) is 11.1 Å². The molecule has 2 fully saturated rings. The van der Waals surface area contributed by atoms with Crippen LogP contribution in [0.2, 0.25) is 0 Å². The average molecular weight is 345 g/mol. The molecular weight excluding hydrogens is 312 g/mol. The normalized spacial score (nSPS) is 21.2. The molecule has 0 aliphatic heterocycles. The van der Waals surface area contributed by atoms with Gasteiger partial charge in [0, 0.05) is 0 Å². The lowest BCUT2D eigenvalue weighted by atomic mass is 9.68. The van der Waals surface area contributed by atoms with Crippen molar-refractivity contribution in [3.05, 3.63) is 71.5 Å². The van der Waals surface area contributed by atoms with Gasteiger partial charge in [-0.3, -0.25) is 0 Å². The first kappa shape index (κ1) is 17.8. The maximum Gasteiger partial charge on any atom is -0.0162 e. The Hall–Kier alpha value is -1.56. The summed E-state index contributed by atoms with van der Waals surface area (Å²) < 4.78 is 0. The van der Waals surface area contributed by atoms with Gasteiger partial charge in [-0.2, -0.15) is 0 Å². The van der Waals surface area contributed by atoms with E-state index in [1.54, 1.807) is 11.5 Å². The van der Waals surface area contributed by atoms with Gasteiger partial charge < -0.3 is 0 Å². The van der Waals surface area contributed by atoms with Crippen molar-refractivity contribution in [3.63, 3.8) is 0 Å². The van der Waals surface area contributed by atoms with Gasteiger partial charge in [0.15, 0.2) is 0 Å². The molecule has 136 valence electrons. The molecule has 0 heterocycles. The number of benzene rings is 2. The van der Waals surface area contributed by atoms with E-state index in [0.29, 0.717) is 0 Å². The summed E-state index contributed by atoms with van der Waals surface area (Å²) in [6.07, 6.45) is 11.1. The largest absolute Gasteiger partial charge is 0.0591 e. The van der Waals surface area contributed by atoms with Gasteiger partial charge in [0.2, 0.25) is 0 Å². The zero-order chi connectivity index (χ0) is 17.9. The van der Waals surface area contributed by atoms with Crippen molar-refractivity contribution in [1.82, 2.24) is 0 Å². The molecule has 2 aliphatic rings. The van der Waals surface area contributed by atoms with E-state index in [9.17, 15) is 0 Å². The zero-order valence-corrected chi connectivity index (χ0v) is 16.4. The average Bonchev–Trinajstić information content (AvgIpc) is 2.70. The molecule has 26 heavy (non-hydrogen) atoms. The van der Waals surface area contributed by atoms with Crippen molar-refractivity contribution in [2.24, 2.45) is 5.92 Å². The van der Waals surface area contributed by atoms with Crippen LogP contribution in [0, 0.1) is 24.7 Å². The van der Waals surface area contributed by atoms with Crippen LogP contribution < -0.4 is 0 Å². The molecular formula is C26H32. The minimum Gasteiger partial charge on any atom is -0.0591 e. The third kappa shape index (κ3) is 4.05. The summed E-state index contributed by atoms with van der Waals surface area (Å²) in [6.45, 7) is 4.49. The molecule has 0 amide bonds. The zero-order valence-electron chi connectivity index (χ0n) is 16.4. The molecule has 2 radical (unpaired) electrons. The SMILES string of the molecule is C[C]1CCC([C]2CCC(c3ccc(-c4ccc(C)cc4)cc3)CC2)CC1. The lowest BCUT2D eigenvalue weighted by molar-refractivity contribution is 0.324. The fourth-order valence-corrected chi connectivity index (χ4v) is 4.94. The third-order valence-electron chi connectivity index (χ3n) is 6.81. The number of rotatable bonds is 3. The van der Waals surface area contributed by atoms with Crippen molar-refractivity contribution in [2.45, 2.75) is 71.1 Å². The molecule has 0 bridgehead atoms. The van der Waals surface area contributed by atoms with Crippen molar-refractivity contribution >= 4 is 0 Å². The Bertz CT molecular complexity index is 678. The highest BCUT2D eigenvalue weighted by Gasteiger charge is 2.30. The lowest BCUT2D eigenvalue weighted by Gasteiger charge is -2.37. The van der Waals surface area contributed by atoms with Crippen LogP contribution in [0.15, 0.2) is 48.5 Å². The number of aryl methyl sites for hydroxylation is 1. The predicted octanol–water partition coefficient (Wildman–Crippen LogP) is 7.68. The van der Waals surface area contributed by atoms with Gasteiger partial charge in [0.25, 0.3) is 0 Å². The second-order valence-corrected chi connectivity index (χ2v) is 8.65. The van der Waals surface area contributed by atoms with Crippen LogP contribution in [0.5, 0.6) is 0 Å². The summed E-state index contributed by atoms with van der Waals surface area (Å²) in [5, 5.41) is 0. The lowest BCUT2D eigenvalue weighted by Crippen LogP contribution is -2.22. The Morgan fingerprint density at radius 3 is 1.65 bits per heavy atom. The maximum atomic E-state index is 2.38. The molecule has 0 unspecified atom stereocenters. The van der Waals surface area contributed by atoms with Crippen LogP contribution in [0.1, 0.15) is 75.3 Å². The predicted molar refractivity (Wildman–Crippen MR) is 112 cm³/mol. The van der Waals surface area contributed by atoms with E-state index in [-0.39, 0.29) is 0 Å². The molecule has 2 saturated carbocycles. The van der Waals surface area contributed by atoms with E-state index >= 15 is 0 Å². The third-order valence-corrected chi connectivity index (χ3v) is 6.81. The fraction of sp³-hybridized carbons (Fsp3) is 0.462. The Morgan fingerprint density at radius 1 is 0.577 bits per heavy atom. The highest BCUT2D eigenvalue weighted by atomic mass is 14.4. The summed E-state index contributed by atoms with van der Waals surface area (Å²) in [5.74, 6) is 5.32. The van der Waals surface area contributed by atoms with Crippen LogP contribution in [-0.4, -0.2) is 0 Å². The maximum absolute atomic E-state index is 2.38. The summed E-state index contributed by atoms with van der Waals surface area (Å²) in [5.41, 5.74) is 5.54. The molecule has 0 atom stereocenters. The highest BCUT2D eigenvalue weighted by Crippen LogP contribution is 2.45. The molecule has 0 aromatic heterocycles. The van der Waals surface area contributed by atoms with Gasteiger partial charge in [-0.15, -0.1) is 0 Å². The van der Waals surface area contributed by atoms with Gasteiger partial charge >= 0.3 is 0 Å². The first-order valence-corrected chi connectivity index (χ1v) is 10.5. The quantitative estimate of drug-likeness (QED) is 0.535. The van der Waals surface area contributed by atoms with E-state index in [1.807, 2.05) is 5.92 Å². The second-order valence-electron chi connectivity index (χ2n) is 8.65. The Kier molecular flexibility index (Phi) is 5.48.